The second-order valence-corrected chi connectivity index (χ2v) is 6.72. The van der Waals surface area contributed by atoms with E-state index in [0.29, 0.717) is 18.9 Å². The zero-order valence-corrected chi connectivity index (χ0v) is 12.8. The smallest absolute Gasteiger partial charge is 0.410 e. The van der Waals surface area contributed by atoms with Gasteiger partial charge in [-0.3, -0.25) is 4.79 Å². The van der Waals surface area contributed by atoms with Gasteiger partial charge in [-0.25, -0.2) is 4.79 Å². The summed E-state index contributed by atoms with van der Waals surface area (Å²) in [6, 6.07) is 0. The largest absolute Gasteiger partial charge is 0.444 e. The summed E-state index contributed by atoms with van der Waals surface area (Å²) >= 11 is 0. The molecule has 20 heavy (non-hydrogen) atoms. The highest BCUT2D eigenvalue weighted by atomic mass is 16.6. The van der Waals surface area contributed by atoms with Crippen molar-refractivity contribution in [3.63, 3.8) is 0 Å². The SMILES string of the molecule is CC(C)(C)OC(=O)N1CC=C(C2CCCCC2=O)CC1. The number of hydrogen-bond acceptors (Lipinski definition) is 3. The van der Waals surface area contributed by atoms with Gasteiger partial charge in [-0.15, -0.1) is 0 Å². The molecule has 1 saturated carbocycles. The van der Waals surface area contributed by atoms with E-state index in [1.807, 2.05) is 20.8 Å². The third-order valence-corrected chi connectivity index (χ3v) is 3.90. The molecule has 2 rings (SSSR count). The van der Waals surface area contributed by atoms with Gasteiger partial charge in [-0.2, -0.15) is 0 Å². The van der Waals surface area contributed by atoms with Crippen LogP contribution in [-0.4, -0.2) is 35.5 Å². The lowest BCUT2D eigenvalue weighted by atomic mass is 9.80. The predicted octanol–water partition coefficient (Wildman–Crippen LogP) is 3.31. The van der Waals surface area contributed by atoms with E-state index in [0.717, 1.165) is 32.1 Å². The molecule has 0 saturated heterocycles. The molecule has 1 fully saturated rings. The van der Waals surface area contributed by atoms with E-state index in [4.69, 9.17) is 4.74 Å². The maximum atomic E-state index is 12.0. The van der Waals surface area contributed by atoms with Crippen LogP contribution >= 0.6 is 0 Å². The molecule has 1 amide bonds. The van der Waals surface area contributed by atoms with Crippen molar-refractivity contribution in [2.24, 2.45) is 5.92 Å². The number of amides is 1. The van der Waals surface area contributed by atoms with Crippen molar-refractivity contribution in [2.45, 2.75) is 58.5 Å². The lowest BCUT2D eigenvalue weighted by molar-refractivity contribution is -0.123. The van der Waals surface area contributed by atoms with Gasteiger partial charge in [0.25, 0.3) is 0 Å². The Morgan fingerprint density at radius 1 is 1.30 bits per heavy atom. The van der Waals surface area contributed by atoms with Crippen LogP contribution in [0.25, 0.3) is 0 Å². The third kappa shape index (κ3) is 3.84. The summed E-state index contributed by atoms with van der Waals surface area (Å²) in [5.74, 6) is 0.498. The van der Waals surface area contributed by atoms with E-state index in [2.05, 4.69) is 6.08 Å². The van der Waals surface area contributed by atoms with Gasteiger partial charge in [0.15, 0.2) is 0 Å². The fraction of sp³-hybridized carbons (Fsp3) is 0.750. The Morgan fingerprint density at radius 2 is 2.05 bits per heavy atom. The molecule has 1 aliphatic carbocycles. The average Bonchev–Trinajstić information content (AvgIpc) is 2.37. The standard InChI is InChI=1S/C16H25NO3/c1-16(2,3)20-15(19)17-10-8-12(9-11-17)13-6-4-5-7-14(13)18/h8,13H,4-7,9-11H2,1-3H3. The van der Waals surface area contributed by atoms with Gasteiger partial charge >= 0.3 is 6.09 Å². The van der Waals surface area contributed by atoms with Gasteiger partial charge in [0.05, 0.1) is 0 Å². The van der Waals surface area contributed by atoms with Crippen LogP contribution in [0.1, 0.15) is 52.9 Å². The quantitative estimate of drug-likeness (QED) is 0.692. The molecule has 0 aromatic heterocycles. The van der Waals surface area contributed by atoms with E-state index >= 15 is 0 Å². The molecule has 1 atom stereocenters. The maximum absolute atomic E-state index is 12.0. The number of nitrogens with zero attached hydrogens (tertiary/aromatic N) is 1. The van der Waals surface area contributed by atoms with Gasteiger partial charge in [0.2, 0.25) is 0 Å². The number of ketones is 1. The molecule has 0 aromatic carbocycles. The van der Waals surface area contributed by atoms with Gasteiger partial charge in [-0.05, 0) is 40.0 Å². The summed E-state index contributed by atoms with van der Waals surface area (Å²) in [5.41, 5.74) is 0.773. The minimum Gasteiger partial charge on any atom is -0.444 e. The Morgan fingerprint density at radius 3 is 2.60 bits per heavy atom. The summed E-state index contributed by atoms with van der Waals surface area (Å²) in [4.78, 5) is 25.6. The number of carbonyl (C=O) groups excluding carboxylic acids is 2. The van der Waals surface area contributed by atoms with Gasteiger partial charge in [-0.1, -0.05) is 18.1 Å². The number of carbonyl (C=O) groups is 2. The van der Waals surface area contributed by atoms with Crippen LogP contribution in [0.5, 0.6) is 0 Å². The number of Topliss-reactive ketones (excluding diaryl/α,β-unsaturated/α-hetero) is 1. The van der Waals surface area contributed by atoms with Crippen molar-refractivity contribution in [3.05, 3.63) is 11.6 Å². The highest BCUT2D eigenvalue weighted by molar-refractivity contribution is 5.84. The van der Waals surface area contributed by atoms with Gasteiger partial charge in [0.1, 0.15) is 11.4 Å². The zero-order valence-electron chi connectivity index (χ0n) is 12.8. The fourth-order valence-electron chi connectivity index (χ4n) is 2.87. The van der Waals surface area contributed by atoms with Crippen molar-refractivity contribution >= 4 is 11.9 Å². The summed E-state index contributed by atoms with van der Waals surface area (Å²) in [6.07, 6.45) is 6.48. The Hall–Kier alpha value is -1.32. The first kappa shape index (κ1) is 15.1. The van der Waals surface area contributed by atoms with E-state index in [1.54, 1.807) is 4.90 Å². The fourth-order valence-corrected chi connectivity index (χ4v) is 2.87. The molecule has 1 aliphatic heterocycles. The van der Waals surface area contributed by atoms with Crippen molar-refractivity contribution in [2.75, 3.05) is 13.1 Å². The average molecular weight is 279 g/mol. The molecule has 0 spiro atoms. The highest BCUT2D eigenvalue weighted by Gasteiger charge is 2.29. The molecule has 4 nitrogen and oxygen atoms in total. The van der Waals surface area contributed by atoms with Crippen LogP contribution in [0.2, 0.25) is 0 Å². The molecule has 112 valence electrons. The minimum absolute atomic E-state index is 0.115. The summed E-state index contributed by atoms with van der Waals surface area (Å²) in [7, 11) is 0. The zero-order chi connectivity index (χ0) is 14.8. The van der Waals surface area contributed by atoms with E-state index in [9.17, 15) is 9.59 Å². The number of hydrogen-bond donors (Lipinski definition) is 0. The summed E-state index contributed by atoms with van der Waals surface area (Å²) in [6.45, 7) is 6.84. The lowest BCUT2D eigenvalue weighted by Gasteiger charge is -2.32. The summed E-state index contributed by atoms with van der Waals surface area (Å²) in [5, 5.41) is 0. The third-order valence-electron chi connectivity index (χ3n) is 3.90. The van der Waals surface area contributed by atoms with E-state index in [1.165, 1.54) is 5.57 Å². The van der Waals surface area contributed by atoms with Crippen molar-refractivity contribution in [3.8, 4) is 0 Å². The highest BCUT2D eigenvalue weighted by Crippen LogP contribution is 2.30. The summed E-state index contributed by atoms with van der Waals surface area (Å²) < 4.78 is 5.37. The molecular weight excluding hydrogens is 254 g/mol. The topological polar surface area (TPSA) is 46.6 Å². The van der Waals surface area contributed by atoms with Crippen molar-refractivity contribution < 1.29 is 14.3 Å². The molecule has 0 N–H and O–H groups in total. The molecule has 1 heterocycles. The van der Waals surface area contributed by atoms with Crippen molar-refractivity contribution in [1.29, 1.82) is 0 Å². The Balaban J connectivity index is 1.93. The van der Waals surface area contributed by atoms with E-state index < -0.39 is 5.60 Å². The number of rotatable bonds is 1. The Kier molecular flexibility index (Phi) is 4.51. The van der Waals surface area contributed by atoms with Crippen LogP contribution in [0, 0.1) is 5.92 Å². The van der Waals surface area contributed by atoms with E-state index in [-0.39, 0.29) is 12.0 Å². The molecular formula is C16H25NO3. The van der Waals surface area contributed by atoms with Crippen molar-refractivity contribution in [1.82, 2.24) is 4.90 Å². The first-order valence-corrected chi connectivity index (χ1v) is 7.56. The van der Waals surface area contributed by atoms with Crippen LogP contribution in [0.3, 0.4) is 0 Å². The van der Waals surface area contributed by atoms with Crippen LogP contribution in [0.15, 0.2) is 11.6 Å². The second kappa shape index (κ2) is 5.98. The second-order valence-electron chi connectivity index (χ2n) is 6.72. The molecule has 0 bridgehead atoms. The maximum Gasteiger partial charge on any atom is 0.410 e. The van der Waals surface area contributed by atoms with Gasteiger partial charge in [0, 0.05) is 25.4 Å². The lowest BCUT2D eigenvalue weighted by Crippen LogP contribution is -2.40. The Bertz CT molecular complexity index is 420. The molecule has 2 aliphatic rings. The molecule has 0 aromatic rings. The normalized spacial score (nSPS) is 24.4. The van der Waals surface area contributed by atoms with Crippen LogP contribution in [0.4, 0.5) is 4.79 Å². The molecule has 1 unspecified atom stereocenters. The van der Waals surface area contributed by atoms with Crippen LogP contribution < -0.4 is 0 Å². The predicted molar refractivity (Wildman–Crippen MR) is 77.5 cm³/mol. The first-order chi connectivity index (χ1) is 9.37. The minimum atomic E-state index is -0.458. The molecule has 0 radical (unpaired) electrons. The van der Waals surface area contributed by atoms with Crippen LogP contribution in [-0.2, 0) is 9.53 Å². The number of ether oxygens (including phenoxy) is 1. The first-order valence-electron chi connectivity index (χ1n) is 7.56. The van der Waals surface area contributed by atoms with Gasteiger partial charge < -0.3 is 9.64 Å². The Labute approximate surface area is 121 Å². The monoisotopic (exact) mass is 279 g/mol. The molecule has 4 heteroatoms.